The van der Waals surface area contributed by atoms with Crippen LogP contribution < -0.4 is 16.0 Å². The normalized spacial score (nSPS) is 16.8. The number of nitrogens with zero attached hydrogens (tertiary/aromatic N) is 1. The highest BCUT2D eigenvalue weighted by Crippen LogP contribution is 2.28. The molecule has 3 N–H and O–H groups in total. The fourth-order valence-electron chi connectivity index (χ4n) is 3.74. The summed E-state index contributed by atoms with van der Waals surface area (Å²) in [7, 11) is -3.17. The summed E-state index contributed by atoms with van der Waals surface area (Å²) < 4.78 is 23.3. The lowest BCUT2D eigenvalue weighted by Crippen LogP contribution is -2.44. The van der Waals surface area contributed by atoms with Crippen LogP contribution in [-0.4, -0.2) is 38.8 Å². The largest absolute Gasteiger partial charge is 0.380 e. The first-order chi connectivity index (χ1) is 14.5. The van der Waals surface area contributed by atoms with E-state index in [9.17, 15) is 8.42 Å². The second-order valence-corrected chi connectivity index (χ2v) is 9.56. The summed E-state index contributed by atoms with van der Waals surface area (Å²) in [5.41, 5.74) is 3.33. The molecule has 0 saturated heterocycles. The monoisotopic (exact) mass is 422 g/mol. The van der Waals surface area contributed by atoms with Gasteiger partial charge in [-0.15, -0.1) is 0 Å². The first kappa shape index (κ1) is 20.4. The van der Waals surface area contributed by atoms with Crippen molar-refractivity contribution in [2.24, 2.45) is 0 Å². The molecule has 1 aliphatic heterocycles. The Hall–Kier alpha value is -2.90. The summed E-state index contributed by atoms with van der Waals surface area (Å²) >= 11 is 0. The van der Waals surface area contributed by atoms with E-state index in [0.717, 1.165) is 36.6 Å². The van der Waals surface area contributed by atoms with Gasteiger partial charge in [-0.25, -0.2) is 13.4 Å². The Bertz CT molecular complexity index is 1090. The quantitative estimate of drug-likeness (QED) is 0.542. The van der Waals surface area contributed by atoms with Crippen molar-refractivity contribution in [3.05, 3.63) is 84.1 Å². The summed E-state index contributed by atoms with van der Waals surface area (Å²) in [5, 5.41) is 10.7. The zero-order valence-corrected chi connectivity index (χ0v) is 17.7. The van der Waals surface area contributed by atoms with Crippen molar-refractivity contribution < 1.29 is 8.42 Å². The van der Waals surface area contributed by atoms with Crippen LogP contribution in [0.3, 0.4) is 0 Å². The minimum atomic E-state index is -3.17. The van der Waals surface area contributed by atoms with Gasteiger partial charge in [0.2, 0.25) is 0 Å². The van der Waals surface area contributed by atoms with Gasteiger partial charge >= 0.3 is 0 Å². The third-order valence-corrected chi connectivity index (χ3v) is 6.46. The number of pyridine rings is 1. The standard InChI is InChI=1S/C23H26N4O2S/c1-30(28,29)19-11-9-17(10-12-19)13-15-24-22(18-6-3-2-4-7-18)21-16-26-20-8-5-14-25-23(20)27-21/h2-12,14,21-22,24,26H,13,15-16H2,1H3,(H,25,27)/t21-,22-/m1/s1. The van der Waals surface area contributed by atoms with Crippen LogP contribution in [0.1, 0.15) is 17.2 Å². The van der Waals surface area contributed by atoms with E-state index in [2.05, 4.69) is 45.2 Å². The number of benzene rings is 2. The lowest BCUT2D eigenvalue weighted by molar-refractivity contribution is 0.472. The highest BCUT2D eigenvalue weighted by molar-refractivity contribution is 7.90. The predicted octanol–water partition coefficient (Wildman–Crippen LogP) is 3.26. The highest BCUT2D eigenvalue weighted by Gasteiger charge is 2.27. The van der Waals surface area contributed by atoms with Crippen LogP contribution in [0.25, 0.3) is 0 Å². The number of nitrogens with one attached hydrogen (secondary N) is 3. The lowest BCUT2D eigenvalue weighted by Gasteiger charge is -2.34. The molecule has 2 aromatic carbocycles. The summed E-state index contributed by atoms with van der Waals surface area (Å²) in [4.78, 5) is 4.80. The van der Waals surface area contributed by atoms with Crippen LogP contribution in [0.2, 0.25) is 0 Å². The third-order valence-electron chi connectivity index (χ3n) is 5.33. The van der Waals surface area contributed by atoms with Crippen LogP contribution in [-0.2, 0) is 16.3 Å². The average molecular weight is 423 g/mol. The first-order valence-electron chi connectivity index (χ1n) is 10.0. The molecule has 0 saturated carbocycles. The van der Waals surface area contributed by atoms with Crippen LogP contribution in [0.5, 0.6) is 0 Å². The topological polar surface area (TPSA) is 83.1 Å². The Morgan fingerprint density at radius 3 is 2.57 bits per heavy atom. The molecule has 2 atom stereocenters. The number of hydrogen-bond acceptors (Lipinski definition) is 6. The van der Waals surface area contributed by atoms with E-state index in [0.29, 0.717) is 4.90 Å². The van der Waals surface area contributed by atoms with Crippen molar-refractivity contribution in [1.29, 1.82) is 0 Å². The van der Waals surface area contributed by atoms with Crippen LogP contribution in [0.15, 0.2) is 77.8 Å². The van der Waals surface area contributed by atoms with Crippen LogP contribution in [0.4, 0.5) is 11.5 Å². The lowest BCUT2D eigenvalue weighted by atomic mass is 9.97. The number of sulfone groups is 1. The van der Waals surface area contributed by atoms with E-state index in [1.54, 1.807) is 18.3 Å². The zero-order chi connectivity index (χ0) is 21.0. The van der Waals surface area contributed by atoms with E-state index < -0.39 is 9.84 Å². The zero-order valence-electron chi connectivity index (χ0n) is 16.9. The molecule has 1 aliphatic rings. The molecule has 0 aliphatic carbocycles. The molecule has 0 bridgehead atoms. The molecule has 0 radical (unpaired) electrons. The Morgan fingerprint density at radius 1 is 1.07 bits per heavy atom. The van der Waals surface area contributed by atoms with Gasteiger partial charge in [-0.2, -0.15) is 0 Å². The van der Waals surface area contributed by atoms with E-state index >= 15 is 0 Å². The number of anilines is 2. The van der Waals surface area contributed by atoms with Gasteiger partial charge < -0.3 is 16.0 Å². The van der Waals surface area contributed by atoms with E-state index in [1.165, 1.54) is 11.8 Å². The number of aromatic nitrogens is 1. The van der Waals surface area contributed by atoms with Gasteiger partial charge in [0.05, 0.1) is 22.7 Å². The van der Waals surface area contributed by atoms with Gasteiger partial charge in [0.15, 0.2) is 9.84 Å². The van der Waals surface area contributed by atoms with Gasteiger partial charge in [0.1, 0.15) is 5.82 Å². The minimum Gasteiger partial charge on any atom is -0.380 e. The highest BCUT2D eigenvalue weighted by atomic mass is 32.2. The van der Waals surface area contributed by atoms with E-state index in [4.69, 9.17) is 0 Å². The second-order valence-electron chi connectivity index (χ2n) is 7.54. The predicted molar refractivity (Wildman–Crippen MR) is 121 cm³/mol. The molecule has 6 nitrogen and oxygen atoms in total. The maximum atomic E-state index is 11.6. The molecular formula is C23H26N4O2S. The fourth-order valence-corrected chi connectivity index (χ4v) is 4.37. The number of rotatable bonds is 7. The van der Waals surface area contributed by atoms with Crippen LogP contribution in [0, 0.1) is 0 Å². The molecule has 30 heavy (non-hydrogen) atoms. The summed E-state index contributed by atoms with van der Waals surface area (Å²) in [5.74, 6) is 0.868. The van der Waals surface area contributed by atoms with E-state index in [-0.39, 0.29) is 12.1 Å². The Morgan fingerprint density at radius 2 is 1.83 bits per heavy atom. The molecule has 0 amide bonds. The molecule has 156 valence electrons. The van der Waals surface area contributed by atoms with Gasteiger partial charge in [0, 0.05) is 19.0 Å². The van der Waals surface area contributed by atoms with Crippen molar-refractivity contribution in [1.82, 2.24) is 10.3 Å². The molecule has 7 heteroatoms. The number of hydrogen-bond donors (Lipinski definition) is 3. The first-order valence-corrected chi connectivity index (χ1v) is 11.9. The Labute approximate surface area is 177 Å². The molecule has 0 unspecified atom stereocenters. The SMILES string of the molecule is CS(=O)(=O)c1ccc(CCN[C@H](c2ccccc2)[C@H]2CNc3cccnc3N2)cc1. The summed E-state index contributed by atoms with van der Waals surface area (Å²) in [6.45, 7) is 1.55. The van der Waals surface area contributed by atoms with Gasteiger partial charge in [-0.3, -0.25) is 0 Å². The van der Waals surface area contributed by atoms with E-state index in [1.807, 2.05) is 30.3 Å². The molecule has 2 heterocycles. The second kappa shape index (κ2) is 8.85. The molecule has 0 spiro atoms. The fraction of sp³-hybridized carbons (Fsp3) is 0.261. The minimum absolute atomic E-state index is 0.101. The summed E-state index contributed by atoms with van der Waals surface area (Å²) in [6, 6.07) is 21.7. The maximum Gasteiger partial charge on any atom is 0.175 e. The van der Waals surface area contributed by atoms with Crippen molar-refractivity contribution >= 4 is 21.3 Å². The summed E-state index contributed by atoms with van der Waals surface area (Å²) in [6.07, 6.45) is 3.83. The van der Waals surface area contributed by atoms with Crippen LogP contribution >= 0.6 is 0 Å². The van der Waals surface area contributed by atoms with Crippen molar-refractivity contribution in [2.45, 2.75) is 23.4 Å². The Balaban J connectivity index is 1.45. The average Bonchev–Trinajstić information content (AvgIpc) is 2.77. The molecule has 4 rings (SSSR count). The smallest absolute Gasteiger partial charge is 0.175 e. The molecule has 1 aromatic heterocycles. The van der Waals surface area contributed by atoms with Gasteiger partial charge in [-0.05, 0) is 48.4 Å². The van der Waals surface area contributed by atoms with Crippen molar-refractivity contribution in [2.75, 3.05) is 30.0 Å². The third kappa shape index (κ3) is 4.80. The van der Waals surface area contributed by atoms with Gasteiger partial charge in [0.25, 0.3) is 0 Å². The molecular weight excluding hydrogens is 396 g/mol. The molecule has 3 aromatic rings. The number of fused-ring (bicyclic) bond motifs is 1. The van der Waals surface area contributed by atoms with Gasteiger partial charge in [-0.1, -0.05) is 42.5 Å². The van der Waals surface area contributed by atoms with Crippen molar-refractivity contribution in [3.8, 4) is 0 Å². The maximum absolute atomic E-state index is 11.6. The molecule has 0 fully saturated rings. The van der Waals surface area contributed by atoms with Crippen molar-refractivity contribution in [3.63, 3.8) is 0 Å². The Kier molecular flexibility index (Phi) is 6.01.